The lowest BCUT2D eigenvalue weighted by Gasteiger charge is -2.33. The molecule has 2 heterocycles. The molecule has 0 radical (unpaired) electrons. The van der Waals surface area contributed by atoms with Crippen molar-refractivity contribution in [3.05, 3.63) is 59.3 Å². The lowest BCUT2D eigenvalue weighted by atomic mass is 9.89. The Bertz CT molecular complexity index is 821. The average molecular weight is 354 g/mol. The summed E-state index contributed by atoms with van der Waals surface area (Å²) in [5, 5.41) is 9.56. The van der Waals surface area contributed by atoms with E-state index in [0.29, 0.717) is 18.0 Å². The molecule has 1 aliphatic heterocycles. The number of aliphatic carboxylic acids is 1. The van der Waals surface area contributed by atoms with E-state index in [4.69, 9.17) is 4.74 Å². The van der Waals surface area contributed by atoms with Gasteiger partial charge >= 0.3 is 5.97 Å². The number of carbonyl (C=O) groups excluding carboxylic acids is 1. The zero-order chi connectivity index (χ0) is 18.7. The van der Waals surface area contributed by atoms with Gasteiger partial charge in [-0.05, 0) is 30.5 Å². The summed E-state index contributed by atoms with van der Waals surface area (Å²) in [6.45, 7) is 4.49. The van der Waals surface area contributed by atoms with Crippen LogP contribution in [0.4, 0.5) is 0 Å². The minimum absolute atomic E-state index is 0.00565. The van der Waals surface area contributed by atoms with Gasteiger partial charge in [0.05, 0.1) is 12.0 Å². The predicted octanol–water partition coefficient (Wildman–Crippen LogP) is 3.08. The normalized spacial score (nSPS) is 17.3. The fourth-order valence-electron chi connectivity index (χ4n) is 3.05. The van der Waals surface area contributed by atoms with Crippen molar-refractivity contribution in [1.29, 1.82) is 0 Å². The molecule has 136 valence electrons. The number of carbonyl (C=O) groups is 2. The molecule has 6 nitrogen and oxygen atoms in total. The predicted molar refractivity (Wildman–Crippen MR) is 96.2 cm³/mol. The molecule has 0 spiro atoms. The van der Waals surface area contributed by atoms with E-state index in [0.717, 1.165) is 17.5 Å². The third-order valence-electron chi connectivity index (χ3n) is 4.66. The van der Waals surface area contributed by atoms with E-state index >= 15 is 0 Å². The Hall–Kier alpha value is -2.89. The fraction of sp³-hybridized carbons (Fsp3) is 0.350. The molecule has 2 aromatic rings. The SMILES string of the molecule is CCC(C)Oc1cc(C(=O)N2Cc3ccccc3C(C(=O)O)C2)ccn1. The molecular formula is C20H22N2O4. The number of amides is 1. The van der Waals surface area contributed by atoms with E-state index < -0.39 is 11.9 Å². The maximum Gasteiger partial charge on any atom is 0.312 e. The minimum atomic E-state index is -0.925. The van der Waals surface area contributed by atoms with Crippen molar-refractivity contribution in [2.45, 2.75) is 38.8 Å². The zero-order valence-corrected chi connectivity index (χ0v) is 14.9. The number of fused-ring (bicyclic) bond motifs is 1. The van der Waals surface area contributed by atoms with Crippen LogP contribution in [0.3, 0.4) is 0 Å². The number of aromatic nitrogens is 1. The van der Waals surface area contributed by atoms with Crippen molar-refractivity contribution in [2.75, 3.05) is 6.54 Å². The third-order valence-corrected chi connectivity index (χ3v) is 4.66. The number of hydrogen-bond acceptors (Lipinski definition) is 4. The van der Waals surface area contributed by atoms with Crippen molar-refractivity contribution in [1.82, 2.24) is 9.88 Å². The van der Waals surface area contributed by atoms with Gasteiger partial charge in [0.2, 0.25) is 5.88 Å². The topological polar surface area (TPSA) is 79.7 Å². The van der Waals surface area contributed by atoms with Crippen LogP contribution in [-0.4, -0.2) is 39.5 Å². The number of carboxylic acid groups (broad SMARTS) is 1. The molecule has 1 amide bonds. The minimum Gasteiger partial charge on any atom is -0.481 e. The first-order valence-corrected chi connectivity index (χ1v) is 8.72. The Balaban J connectivity index is 1.84. The molecule has 0 saturated carbocycles. The first kappa shape index (κ1) is 17.9. The molecule has 2 unspecified atom stereocenters. The number of carboxylic acids is 1. The van der Waals surface area contributed by atoms with Crippen molar-refractivity contribution < 1.29 is 19.4 Å². The molecule has 0 aliphatic carbocycles. The highest BCUT2D eigenvalue weighted by molar-refractivity contribution is 5.95. The Morgan fingerprint density at radius 2 is 2.12 bits per heavy atom. The molecule has 0 saturated heterocycles. The Kier molecular flexibility index (Phi) is 5.21. The molecule has 1 aromatic heterocycles. The largest absolute Gasteiger partial charge is 0.481 e. The second-order valence-corrected chi connectivity index (χ2v) is 6.49. The standard InChI is InChI=1S/C20H22N2O4/c1-3-13(2)26-18-10-14(8-9-21-18)19(23)22-11-15-6-4-5-7-16(15)17(12-22)20(24)25/h4-10,13,17H,3,11-12H2,1-2H3,(H,24,25). The summed E-state index contributed by atoms with van der Waals surface area (Å²) in [6, 6.07) is 10.6. The first-order valence-electron chi connectivity index (χ1n) is 8.72. The maximum absolute atomic E-state index is 12.9. The molecule has 1 aromatic carbocycles. The van der Waals surface area contributed by atoms with Crippen LogP contribution in [0.15, 0.2) is 42.6 Å². The van der Waals surface area contributed by atoms with Crippen LogP contribution in [0.25, 0.3) is 0 Å². The number of hydrogen-bond donors (Lipinski definition) is 1. The van der Waals surface area contributed by atoms with Crippen LogP contribution in [0.2, 0.25) is 0 Å². The number of ether oxygens (including phenoxy) is 1. The molecule has 26 heavy (non-hydrogen) atoms. The smallest absolute Gasteiger partial charge is 0.312 e. The molecule has 0 fully saturated rings. The highest BCUT2D eigenvalue weighted by Crippen LogP contribution is 2.29. The van der Waals surface area contributed by atoms with Crippen LogP contribution in [-0.2, 0) is 11.3 Å². The van der Waals surface area contributed by atoms with Crippen LogP contribution in [0.5, 0.6) is 5.88 Å². The Labute approximate surface area is 152 Å². The molecule has 1 N–H and O–H groups in total. The van der Waals surface area contributed by atoms with E-state index in [1.165, 1.54) is 6.20 Å². The molecule has 1 aliphatic rings. The quantitative estimate of drug-likeness (QED) is 0.892. The van der Waals surface area contributed by atoms with Crippen LogP contribution < -0.4 is 4.74 Å². The molecule has 3 rings (SSSR count). The second kappa shape index (κ2) is 7.56. The molecule has 2 atom stereocenters. The van der Waals surface area contributed by atoms with E-state index in [9.17, 15) is 14.7 Å². The van der Waals surface area contributed by atoms with E-state index in [1.54, 1.807) is 17.0 Å². The Morgan fingerprint density at radius 1 is 1.35 bits per heavy atom. The summed E-state index contributed by atoms with van der Waals surface area (Å²) in [5.41, 5.74) is 2.09. The molecular weight excluding hydrogens is 332 g/mol. The van der Waals surface area contributed by atoms with Gasteiger partial charge in [0.25, 0.3) is 5.91 Å². The van der Waals surface area contributed by atoms with E-state index in [-0.39, 0.29) is 18.6 Å². The van der Waals surface area contributed by atoms with Crippen LogP contribution in [0, 0.1) is 0 Å². The van der Waals surface area contributed by atoms with Gasteiger partial charge in [0.15, 0.2) is 0 Å². The summed E-state index contributed by atoms with van der Waals surface area (Å²) in [6.07, 6.45) is 2.38. The van der Waals surface area contributed by atoms with Crippen molar-refractivity contribution in [3.63, 3.8) is 0 Å². The number of pyridine rings is 1. The van der Waals surface area contributed by atoms with Gasteiger partial charge in [-0.15, -0.1) is 0 Å². The van der Waals surface area contributed by atoms with Gasteiger partial charge in [0, 0.05) is 30.9 Å². The molecule has 6 heteroatoms. The number of nitrogens with zero attached hydrogens (tertiary/aromatic N) is 2. The van der Waals surface area contributed by atoms with Gasteiger partial charge in [-0.1, -0.05) is 31.2 Å². The zero-order valence-electron chi connectivity index (χ0n) is 14.9. The highest BCUT2D eigenvalue weighted by atomic mass is 16.5. The fourth-order valence-corrected chi connectivity index (χ4v) is 3.05. The van der Waals surface area contributed by atoms with Crippen LogP contribution >= 0.6 is 0 Å². The van der Waals surface area contributed by atoms with Crippen LogP contribution in [0.1, 0.15) is 47.7 Å². The van der Waals surface area contributed by atoms with E-state index in [2.05, 4.69) is 4.98 Å². The van der Waals surface area contributed by atoms with Gasteiger partial charge in [0.1, 0.15) is 0 Å². The van der Waals surface area contributed by atoms with Crippen molar-refractivity contribution in [2.24, 2.45) is 0 Å². The van der Waals surface area contributed by atoms with Gasteiger partial charge in [-0.3, -0.25) is 9.59 Å². The number of rotatable bonds is 5. The summed E-state index contributed by atoms with van der Waals surface area (Å²) >= 11 is 0. The van der Waals surface area contributed by atoms with Gasteiger partial charge in [-0.25, -0.2) is 4.98 Å². The summed E-state index contributed by atoms with van der Waals surface area (Å²) in [5.74, 6) is -1.47. The second-order valence-electron chi connectivity index (χ2n) is 6.49. The summed E-state index contributed by atoms with van der Waals surface area (Å²) in [4.78, 5) is 30.3. The highest BCUT2D eigenvalue weighted by Gasteiger charge is 2.32. The van der Waals surface area contributed by atoms with Crippen molar-refractivity contribution in [3.8, 4) is 5.88 Å². The monoisotopic (exact) mass is 354 g/mol. The van der Waals surface area contributed by atoms with Gasteiger partial charge in [-0.2, -0.15) is 0 Å². The summed E-state index contributed by atoms with van der Waals surface area (Å²) < 4.78 is 5.68. The Morgan fingerprint density at radius 3 is 2.85 bits per heavy atom. The van der Waals surface area contributed by atoms with E-state index in [1.807, 2.05) is 38.1 Å². The average Bonchev–Trinajstić information content (AvgIpc) is 2.66. The maximum atomic E-state index is 12.9. The lowest BCUT2D eigenvalue weighted by Crippen LogP contribution is -2.40. The van der Waals surface area contributed by atoms with Gasteiger partial charge < -0.3 is 14.7 Å². The lowest BCUT2D eigenvalue weighted by molar-refractivity contribution is -0.139. The molecule has 0 bridgehead atoms. The number of benzene rings is 1. The van der Waals surface area contributed by atoms with Crippen molar-refractivity contribution >= 4 is 11.9 Å². The summed E-state index contributed by atoms with van der Waals surface area (Å²) in [7, 11) is 0. The third kappa shape index (κ3) is 3.69. The first-order chi connectivity index (χ1) is 12.5.